The normalized spacial score (nSPS) is 14.0. The monoisotopic (exact) mass is 846 g/mol. The molecule has 0 N–H and O–H groups in total. The molecule has 0 unspecified atom stereocenters. The summed E-state index contributed by atoms with van der Waals surface area (Å²) in [7, 11) is 0. The summed E-state index contributed by atoms with van der Waals surface area (Å²) in [6, 6.07) is 64.6. The molecule has 13 rings (SSSR count). The minimum atomic E-state index is -0.163. The van der Waals surface area contributed by atoms with Gasteiger partial charge < -0.3 is 0 Å². The van der Waals surface area contributed by atoms with E-state index in [1.807, 2.05) is 0 Å². The standard InChI is InChI=1S/C60H42N6/c1-59(2)49-23-7-5-21-45(49)47-27-25-43(33-51(47)59)57-63-53-39-17-9-13-35(29-39)37-15-11-19-41(31-37)55-62-56(42-20-12-16-38(32-42)36-14-10-18-40(30-36)54(61-53)64-57)66-58(65-55)44-26-28-48-46-22-6-8-24-50(46)60(3,4)52(48)34-44/h5-34H,1-4H3. The van der Waals surface area contributed by atoms with Gasteiger partial charge in [0.05, 0.1) is 0 Å². The molecule has 312 valence electrons. The molecule has 6 heteroatoms. The molecule has 11 aromatic rings. The number of benzene rings is 8. The molecule has 3 heterocycles. The van der Waals surface area contributed by atoms with E-state index in [2.05, 4.69) is 210 Å². The lowest BCUT2D eigenvalue weighted by Crippen LogP contribution is -2.15. The van der Waals surface area contributed by atoms with Crippen LogP contribution in [0.15, 0.2) is 182 Å². The lowest BCUT2D eigenvalue weighted by Gasteiger charge is -2.21. The highest BCUT2D eigenvalue weighted by Gasteiger charge is 2.36. The van der Waals surface area contributed by atoms with Gasteiger partial charge in [0.15, 0.2) is 34.2 Å². The van der Waals surface area contributed by atoms with E-state index in [9.17, 15) is 0 Å². The highest BCUT2D eigenvalue weighted by Crippen LogP contribution is 2.50. The first-order valence-corrected chi connectivity index (χ1v) is 22.6. The summed E-state index contributed by atoms with van der Waals surface area (Å²) >= 11 is 0. The largest absolute Gasteiger partial charge is 0.208 e. The molecule has 6 nitrogen and oxygen atoms in total. The van der Waals surface area contributed by atoms with Crippen molar-refractivity contribution in [2.24, 2.45) is 0 Å². The van der Waals surface area contributed by atoms with Crippen LogP contribution in [-0.2, 0) is 10.8 Å². The number of hydrogen-bond donors (Lipinski definition) is 0. The number of rotatable bonds is 2. The summed E-state index contributed by atoms with van der Waals surface area (Å²) in [5.41, 5.74) is 14.3. The average molecular weight is 847 g/mol. The van der Waals surface area contributed by atoms with E-state index in [-0.39, 0.29) is 10.8 Å². The molecule has 2 aliphatic carbocycles. The molecule has 2 aliphatic rings. The lowest BCUT2D eigenvalue weighted by atomic mass is 9.82. The molecular formula is C60H42N6. The summed E-state index contributed by atoms with van der Waals surface area (Å²) in [4.78, 5) is 31.4. The van der Waals surface area contributed by atoms with Crippen molar-refractivity contribution < 1.29 is 0 Å². The van der Waals surface area contributed by atoms with E-state index in [1.165, 1.54) is 44.5 Å². The summed E-state index contributed by atoms with van der Waals surface area (Å²) < 4.78 is 0. The van der Waals surface area contributed by atoms with Crippen molar-refractivity contribution in [2.45, 2.75) is 38.5 Å². The smallest absolute Gasteiger partial charge is 0.164 e. The van der Waals surface area contributed by atoms with Crippen molar-refractivity contribution in [2.75, 3.05) is 0 Å². The lowest BCUT2D eigenvalue weighted by molar-refractivity contribution is 0.660. The molecule has 0 spiro atoms. The third-order valence-electron chi connectivity index (χ3n) is 14.1. The predicted molar refractivity (Wildman–Crippen MR) is 271 cm³/mol. The van der Waals surface area contributed by atoms with Crippen LogP contribution in [0.3, 0.4) is 0 Å². The van der Waals surface area contributed by atoms with Crippen molar-refractivity contribution in [3.63, 3.8) is 0 Å². The molecule has 3 aromatic heterocycles. The van der Waals surface area contributed by atoms with Gasteiger partial charge in [-0.15, -0.1) is 0 Å². The van der Waals surface area contributed by atoms with Gasteiger partial charge in [0.25, 0.3) is 0 Å². The highest BCUT2D eigenvalue weighted by molar-refractivity contribution is 5.97. The van der Waals surface area contributed by atoms with Crippen LogP contribution in [0, 0.1) is 0 Å². The fraction of sp³-hybridized carbons (Fsp3) is 0.100. The zero-order valence-corrected chi connectivity index (χ0v) is 37.0. The summed E-state index contributed by atoms with van der Waals surface area (Å²) in [5, 5.41) is 7.70. The Morgan fingerprint density at radius 1 is 0.258 bits per heavy atom. The second-order valence-electron chi connectivity index (χ2n) is 18.8. The fourth-order valence-electron chi connectivity index (χ4n) is 10.6. The van der Waals surface area contributed by atoms with Gasteiger partial charge in [-0.1, -0.05) is 173 Å². The first kappa shape index (κ1) is 38.3. The molecule has 8 aromatic carbocycles. The Kier molecular flexibility index (Phi) is 8.20. The van der Waals surface area contributed by atoms with Gasteiger partial charge in [0, 0.05) is 43.5 Å². The van der Waals surface area contributed by atoms with Crippen LogP contribution in [0.2, 0.25) is 0 Å². The molecular weight excluding hydrogens is 805 g/mol. The van der Waals surface area contributed by atoms with Crippen molar-refractivity contribution >= 4 is 65.7 Å². The van der Waals surface area contributed by atoms with E-state index in [0.29, 0.717) is 34.2 Å². The van der Waals surface area contributed by atoms with Crippen molar-refractivity contribution in [1.29, 1.82) is 0 Å². The van der Waals surface area contributed by atoms with Crippen molar-refractivity contribution in [3.05, 3.63) is 204 Å². The third kappa shape index (κ3) is 5.95. The Balaban J connectivity index is 1.07. The van der Waals surface area contributed by atoms with Crippen molar-refractivity contribution in [3.8, 4) is 45.0 Å². The van der Waals surface area contributed by atoms with Crippen LogP contribution in [0.25, 0.3) is 111 Å². The quantitative estimate of drug-likeness (QED) is 0.172. The third-order valence-corrected chi connectivity index (χ3v) is 14.1. The molecule has 0 atom stereocenters. The van der Waals surface area contributed by atoms with Gasteiger partial charge in [0.1, 0.15) is 0 Å². The Bertz CT molecular complexity index is 3610. The van der Waals surface area contributed by atoms with Crippen LogP contribution < -0.4 is 0 Å². The maximum Gasteiger partial charge on any atom is 0.164 e. The van der Waals surface area contributed by atoms with E-state index in [4.69, 9.17) is 29.9 Å². The van der Waals surface area contributed by atoms with E-state index in [0.717, 1.165) is 54.2 Å². The second kappa shape index (κ2) is 14.1. The van der Waals surface area contributed by atoms with E-state index < -0.39 is 0 Å². The van der Waals surface area contributed by atoms with Gasteiger partial charge in [-0.2, -0.15) is 0 Å². The minimum Gasteiger partial charge on any atom is -0.208 e. The molecule has 66 heavy (non-hydrogen) atoms. The molecule has 12 bridgehead atoms. The highest BCUT2D eigenvalue weighted by atomic mass is 15.0. The molecule has 0 radical (unpaired) electrons. The van der Waals surface area contributed by atoms with Gasteiger partial charge in [-0.3, -0.25) is 0 Å². The summed E-state index contributed by atoms with van der Waals surface area (Å²) in [5.74, 6) is 1.26. The molecule has 0 amide bonds. The Labute approximate surface area is 381 Å². The fourth-order valence-corrected chi connectivity index (χ4v) is 10.6. The Morgan fingerprint density at radius 3 is 0.909 bits per heavy atom. The average Bonchev–Trinajstić information content (AvgIpc) is 3.74. The van der Waals surface area contributed by atoms with E-state index in [1.54, 1.807) is 0 Å². The summed E-state index contributed by atoms with van der Waals surface area (Å²) in [6.45, 7) is 9.21. The number of fused-ring (bicyclic) bond motifs is 24. The molecule has 0 saturated heterocycles. The topological polar surface area (TPSA) is 77.3 Å². The van der Waals surface area contributed by atoms with Gasteiger partial charge in [0.2, 0.25) is 0 Å². The van der Waals surface area contributed by atoms with Gasteiger partial charge >= 0.3 is 0 Å². The van der Waals surface area contributed by atoms with Crippen LogP contribution in [0.1, 0.15) is 49.9 Å². The Hall–Kier alpha value is -8.22. The van der Waals surface area contributed by atoms with Crippen LogP contribution in [-0.4, -0.2) is 29.9 Å². The maximum absolute atomic E-state index is 5.24. The van der Waals surface area contributed by atoms with Crippen molar-refractivity contribution in [1.82, 2.24) is 29.9 Å². The predicted octanol–water partition coefficient (Wildman–Crippen LogP) is 14.6. The minimum absolute atomic E-state index is 0.163. The maximum atomic E-state index is 5.24. The zero-order chi connectivity index (χ0) is 44.3. The first-order chi connectivity index (χ1) is 32.2. The van der Waals surface area contributed by atoms with Gasteiger partial charge in [-0.05, 0) is 102 Å². The van der Waals surface area contributed by atoms with Crippen LogP contribution >= 0.6 is 0 Å². The SMILES string of the molecule is CC1(C)c2ccccc2-c2ccc(-c3nc4nc(n3)c3cccc(c3)c3cccc(c3)c3nc(-c5ccc6c(c5)C(C)(C)c5ccccc5-6)nc(n3)c3cccc(c3)c3cccc4c3)cc21. The second-order valence-corrected chi connectivity index (χ2v) is 18.8. The number of aromatic nitrogens is 6. The van der Waals surface area contributed by atoms with Crippen LogP contribution in [0.5, 0.6) is 0 Å². The van der Waals surface area contributed by atoms with Gasteiger partial charge in [-0.25, -0.2) is 29.9 Å². The van der Waals surface area contributed by atoms with E-state index >= 15 is 0 Å². The Morgan fingerprint density at radius 2 is 0.561 bits per heavy atom. The number of hydrogen-bond acceptors (Lipinski definition) is 6. The van der Waals surface area contributed by atoms with Crippen LogP contribution in [0.4, 0.5) is 0 Å². The molecule has 0 fully saturated rings. The molecule has 0 saturated carbocycles. The number of nitrogens with zero attached hydrogens (tertiary/aromatic N) is 6. The first-order valence-electron chi connectivity index (χ1n) is 22.6. The molecule has 0 aliphatic heterocycles. The zero-order valence-electron chi connectivity index (χ0n) is 37.0. The summed E-state index contributed by atoms with van der Waals surface area (Å²) in [6.07, 6.45) is 0.